The van der Waals surface area contributed by atoms with E-state index >= 15 is 0 Å². The van der Waals surface area contributed by atoms with E-state index in [1.165, 1.54) is 0 Å². The number of fused-ring (bicyclic) bond motifs is 1. The summed E-state index contributed by atoms with van der Waals surface area (Å²) in [5.41, 5.74) is 2.70. The Morgan fingerprint density at radius 3 is 2.44 bits per heavy atom. The van der Waals surface area contributed by atoms with E-state index in [0.717, 1.165) is 16.7 Å². The van der Waals surface area contributed by atoms with Gasteiger partial charge in [-0.3, -0.25) is 4.79 Å². The van der Waals surface area contributed by atoms with Crippen molar-refractivity contribution in [1.82, 2.24) is 0 Å². The first-order valence-corrected chi connectivity index (χ1v) is 6.86. The van der Waals surface area contributed by atoms with Crippen LogP contribution < -0.4 is 0 Å². The van der Waals surface area contributed by atoms with Crippen LogP contribution in [0, 0.1) is 0 Å². The highest BCUT2D eigenvalue weighted by atomic mass is 79.9. The fraction of sp³-hybridized carbons (Fsp3) is 0.133. The quantitative estimate of drug-likeness (QED) is 0.713. The van der Waals surface area contributed by atoms with Crippen LogP contribution in [-0.4, -0.2) is 5.78 Å². The number of rotatable bonds is 1. The van der Waals surface area contributed by atoms with E-state index in [1.54, 1.807) is 0 Å². The molecule has 1 atom stereocenters. The minimum Gasteiger partial charge on any atom is -0.292 e. The van der Waals surface area contributed by atoms with Gasteiger partial charge in [0.1, 0.15) is 4.32 Å². The van der Waals surface area contributed by atoms with Crippen LogP contribution in [0.5, 0.6) is 0 Å². The van der Waals surface area contributed by atoms with Gasteiger partial charge in [0.05, 0.1) is 0 Å². The molecule has 1 aliphatic rings. The highest BCUT2D eigenvalue weighted by molar-refractivity contribution is 9.10. The molecule has 0 N–H and O–H groups in total. The average molecular weight is 322 g/mol. The van der Waals surface area contributed by atoms with Crippen molar-refractivity contribution in [3.63, 3.8) is 0 Å². The summed E-state index contributed by atoms with van der Waals surface area (Å²) < 4.78 is -0.713. The largest absolute Gasteiger partial charge is 0.292 e. The van der Waals surface area contributed by atoms with Gasteiger partial charge in [-0.05, 0) is 23.6 Å². The molecule has 0 saturated carbocycles. The molecule has 18 heavy (non-hydrogen) atoms. The molecule has 2 aromatic rings. The predicted molar refractivity (Wildman–Crippen MR) is 76.5 cm³/mol. The van der Waals surface area contributed by atoms with Gasteiger partial charge in [0.15, 0.2) is 5.78 Å². The summed E-state index contributed by atoms with van der Waals surface area (Å²) in [5.74, 6) is 0.0891. The standard InChI is InChI=1S/C15H10BrClO/c16-15(12-7-3-4-8-13(12)17)9-10-5-1-2-6-11(10)14(15)18/h1-8H,9H2. The van der Waals surface area contributed by atoms with Gasteiger partial charge >= 0.3 is 0 Å². The molecule has 0 bridgehead atoms. The minimum atomic E-state index is -0.713. The fourth-order valence-electron chi connectivity index (χ4n) is 2.45. The molecule has 0 spiro atoms. The number of hydrogen-bond donors (Lipinski definition) is 0. The van der Waals surface area contributed by atoms with Crippen LogP contribution in [0.1, 0.15) is 21.5 Å². The summed E-state index contributed by atoms with van der Waals surface area (Å²) in [5, 5.41) is 0.621. The molecular weight excluding hydrogens is 312 g/mol. The molecule has 1 nitrogen and oxygen atoms in total. The summed E-state index contributed by atoms with van der Waals surface area (Å²) in [6.45, 7) is 0. The Hall–Kier alpha value is -1.12. The Balaban J connectivity index is 2.15. The highest BCUT2D eigenvalue weighted by Crippen LogP contribution is 2.46. The van der Waals surface area contributed by atoms with Crippen molar-refractivity contribution in [3.8, 4) is 0 Å². The maximum absolute atomic E-state index is 12.6. The molecule has 0 fully saturated rings. The normalized spacial score (nSPS) is 22.0. The number of hydrogen-bond acceptors (Lipinski definition) is 1. The Morgan fingerprint density at radius 2 is 1.72 bits per heavy atom. The summed E-state index contributed by atoms with van der Waals surface area (Å²) in [7, 11) is 0. The van der Waals surface area contributed by atoms with E-state index in [9.17, 15) is 4.79 Å². The van der Waals surface area contributed by atoms with Crippen molar-refractivity contribution in [2.75, 3.05) is 0 Å². The molecule has 2 aromatic carbocycles. The van der Waals surface area contributed by atoms with E-state index in [1.807, 2.05) is 48.5 Å². The smallest absolute Gasteiger partial charge is 0.184 e. The van der Waals surface area contributed by atoms with Crippen molar-refractivity contribution < 1.29 is 4.79 Å². The molecule has 0 aromatic heterocycles. The zero-order chi connectivity index (χ0) is 12.8. The van der Waals surface area contributed by atoms with Crippen LogP contribution in [0.2, 0.25) is 5.02 Å². The Bertz CT molecular complexity index is 638. The molecule has 3 rings (SSSR count). The second-order valence-corrected chi connectivity index (χ2v) is 6.20. The van der Waals surface area contributed by atoms with Crippen LogP contribution in [0.25, 0.3) is 0 Å². The zero-order valence-corrected chi connectivity index (χ0v) is 11.8. The van der Waals surface area contributed by atoms with E-state index in [4.69, 9.17) is 11.6 Å². The van der Waals surface area contributed by atoms with E-state index in [-0.39, 0.29) is 5.78 Å². The lowest BCUT2D eigenvalue weighted by atomic mass is 9.95. The van der Waals surface area contributed by atoms with Crippen LogP contribution in [0.15, 0.2) is 48.5 Å². The maximum Gasteiger partial charge on any atom is 0.184 e. The van der Waals surface area contributed by atoms with E-state index < -0.39 is 4.32 Å². The second-order valence-electron chi connectivity index (χ2n) is 4.44. The summed E-state index contributed by atoms with van der Waals surface area (Å²) >= 11 is 9.84. The third-order valence-corrected chi connectivity index (χ3v) is 4.75. The summed E-state index contributed by atoms with van der Waals surface area (Å²) in [4.78, 5) is 12.6. The third kappa shape index (κ3) is 1.63. The van der Waals surface area contributed by atoms with Gasteiger partial charge in [-0.15, -0.1) is 0 Å². The molecule has 0 heterocycles. The SMILES string of the molecule is O=C1c2ccccc2CC1(Br)c1ccccc1Cl. The van der Waals surface area contributed by atoms with Crippen molar-refractivity contribution in [2.24, 2.45) is 0 Å². The summed E-state index contributed by atoms with van der Waals surface area (Å²) in [6.07, 6.45) is 0.645. The number of Topliss-reactive ketones (excluding diaryl/α,β-unsaturated/α-hetero) is 1. The lowest BCUT2D eigenvalue weighted by Gasteiger charge is -2.21. The first-order valence-electron chi connectivity index (χ1n) is 5.69. The molecule has 1 unspecified atom stereocenters. The van der Waals surface area contributed by atoms with E-state index in [0.29, 0.717) is 11.4 Å². The molecule has 3 heteroatoms. The second kappa shape index (κ2) is 4.22. The lowest BCUT2D eigenvalue weighted by Crippen LogP contribution is -2.26. The summed E-state index contributed by atoms with van der Waals surface area (Å²) in [6, 6.07) is 15.2. The molecule has 0 amide bonds. The van der Waals surface area contributed by atoms with Crippen molar-refractivity contribution in [3.05, 3.63) is 70.2 Å². The van der Waals surface area contributed by atoms with Crippen LogP contribution >= 0.6 is 27.5 Å². The zero-order valence-electron chi connectivity index (χ0n) is 9.49. The van der Waals surface area contributed by atoms with Gasteiger partial charge in [0.2, 0.25) is 0 Å². The first kappa shape index (κ1) is 11.9. The lowest BCUT2D eigenvalue weighted by molar-refractivity contribution is 0.0960. The maximum atomic E-state index is 12.6. The number of alkyl halides is 1. The number of carbonyl (C=O) groups excluding carboxylic acids is 1. The van der Waals surface area contributed by atoms with Crippen LogP contribution in [-0.2, 0) is 10.7 Å². The molecule has 0 aliphatic heterocycles. The minimum absolute atomic E-state index is 0.0891. The van der Waals surface area contributed by atoms with Crippen molar-refractivity contribution in [2.45, 2.75) is 10.7 Å². The third-order valence-electron chi connectivity index (χ3n) is 3.36. The number of benzene rings is 2. The fourth-order valence-corrected chi connectivity index (χ4v) is 3.72. The van der Waals surface area contributed by atoms with Crippen molar-refractivity contribution in [1.29, 1.82) is 0 Å². The first-order chi connectivity index (χ1) is 8.63. The topological polar surface area (TPSA) is 17.1 Å². The van der Waals surface area contributed by atoms with Gasteiger partial charge in [-0.25, -0.2) is 0 Å². The molecular formula is C15H10BrClO. The van der Waals surface area contributed by atoms with Gasteiger partial charge in [0, 0.05) is 10.6 Å². The Morgan fingerprint density at radius 1 is 1.06 bits per heavy atom. The van der Waals surface area contributed by atoms with Crippen molar-refractivity contribution >= 4 is 33.3 Å². The highest BCUT2D eigenvalue weighted by Gasteiger charge is 2.45. The van der Waals surface area contributed by atoms with Gasteiger partial charge in [-0.1, -0.05) is 70.0 Å². The van der Waals surface area contributed by atoms with Gasteiger partial charge < -0.3 is 0 Å². The number of halogens is 2. The number of ketones is 1. The molecule has 0 radical (unpaired) electrons. The van der Waals surface area contributed by atoms with Gasteiger partial charge in [-0.2, -0.15) is 0 Å². The monoisotopic (exact) mass is 320 g/mol. The van der Waals surface area contributed by atoms with E-state index in [2.05, 4.69) is 15.9 Å². The van der Waals surface area contributed by atoms with Gasteiger partial charge in [0.25, 0.3) is 0 Å². The Kier molecular flexibility index (Phi) is 2.80. The number of carbonyl (C=O) groups is 1. The molecule has 0 saturated heterocycles. The predicted octanol–water partition coefficient (Wildman–Crippen LogP) is 4.37. The average Bonchev–Trinajstić information content (AvgIpc) is 2.64. The molecule has 90 valence electrons. The Labute approximate surface area is 119 Å². The molecule has 1 aliphatic carbocycles. The van der Waals surface area contributed by atoms with Crippen LogP contribution in [0.4, 0.5) is 0 Å². The van der Waals surface area contributed by atoms with Crippen LogP contribution in [0.3, 0.4) is 0 Å².